The molecule has 0 saturated carbocycles. The van der Waals surface area contributed by atoms with Gasteiger partial charge in [0.1, 0.15) is 0 Å². The van der Waals surface area contributed by atoms with Crippen LogP contribution in [0.4, 0.5) is 0 Å². The molecule has 0 aliphatic rings. The zero-order chi connectivity index (χ0) is 9.66. The van der Waals surface area contributed by atoms with Gasteiger partial charge in [0.15, 0.2) is 0 Å². The Morgan fingerprint density at radius 2 is 1.00 bits per heavy atom. The molecule has 0 bridgehead atoms. The molecule has 0 N–H and O–H groups in total. The Labute approximate surface area is 115 Å². The molecule has 86 valence electrons. The number of unbranched alkanes of at least 4 members (excludes halogenated alkanes) is 6. The van der Waals surface area contributed by atoms with Crippen molar-refractivity contribution in [3.8, 4) is 0 Å². The topological polar surface area (TPSA) is 0 Å². The van der Waals surface area contributed by atoms with Crippen LogP contribution in [0, 0.1) is 13.8 Å². The number of rotatable bonds is 6. The monoisotopic (exact) mass is 240 g/mol. The molecule has 0 saturated heterocycles. The van der Waals surface area contributed by atoms with Gasteiger partial charge in [0.2, 0.25) is 0 Å². The molecule has 0 aliphatic heterocycles. The zero-order valence-electron chi connectivity index (χ0n) is 10.4. The Bertz CT molecular complexity index is 42.3. The minimum Gasteiger partial charge on any atom is -0.343 e. The normalized spacial score (nSPS) is 7.71. The van der Waals surface area contributed by atoms with Crippen LogP contribution in [-0.4, -0.2) is 0 Å². The van der Waals surface area contributed by atoms with Gasteiger partial charge in [-0.1, -0.05) is 52.4 Å². The summed E-state index contributed by atoms with van der Waals surface area (Å²) in [5.74, 6) is 0. The maximum Gasteiger partial charge on any atom is 1.00 e. The first-order valence-electron chi connectivity index (χ1n) is 5.41. The molecule has 0 nitrogen and oxygen atoms in total. The first-order valence-corrected chi connectivity index (χ1v) is 5.41. The van der Waals surface area contributed by atoms with Gasteiger partial charge in [-0.15, -0.1) is 0 Å². The standard InChI is InChI=1S/2C6H13.Cu.Li/c2*1-3-5-6-4-2;;/h2*1,3-6H2,2H3;;/q2*-1;2*+1. The van der Waals surface area contributed by atoms with Crippen LogP contribution >= 0.6 is 0 Å². The molecule has 0 rings (SSSR count). The van der Waals surface area contributed by atoms with Gasteiger partial charge in [0.25, 0.3) is 0 Å². The van der Waals surface area contributed by atoms with Gasteiger partial charge in [0, 0.05) is 0 Å². The SMILES string of the molecule is [CH2-]CCCCC.[CH2-]CCCCC.[Cu+].[Li+]. The van der Waals surface area contributed by atoms with Crippen molar-refractivity contribution in [3.05, 3.63) is 13.8 Å². The van der Waals surface area contributed by atoms with Crippen LogP contribution in [0.2, 0.25) is 0 Å². The molecule has 0 aromatic heterocycles. The Balaban J connectivity index is -0.0000000625. The molecule has 0 aromatic carbocycles. The Kier molecular flexibility index (Phi) is 50.9. The summed E-state index contributed by atoms with van der Waals surface area (Å²) in [6, 6.07) is 0. The average Bonchev–Trinajstić information content (AvgIpc) is 2.12. The van der Waals surface area contributed by atoms with E-state index in [4.69, 9.17) is 0 Å². The number of hydrogen-bond acceptors (Lipinski definition) is 0. The van der Waals surface area contributed by atoms with E-state index in [1.807, 2.05) is 0 Å². The van der Waals surface area contributed by atoms with Gasteiger partial charge in [-0.2, -0.15) is 12.8 Å². The summed E-state index contributed by atoms with van der Waals surface area (Å²) in [7, 11) is 0. The second kappa shape index (κ2) is 29.2. The summed E-state index contributed by atoms with van der Waals surface area (Å²) >= 11 is 0. The summed E-state index contributed by atoms with van der Waals surface area (Å²) in [5, 5.41) is 0. The molecule has 0 radical (unpaired) electrons. The average molecular weight is 241 g/mol. The Morgan fingerprint density at radius 3 is 1.07 bits per heavy atom. The summed E-state index contributed by atoms with van der Waals surface area (Å²) in [5.41, 5.74) is 0. The van der Waals surface area contributed by atoms with Gasteiger partial charge < -0.3 is 13.8 Å². The predicted octanol–water partition coefficient (Wildman–Crippen LogP) is 1.80. The van der Waals surface area contributed by atoms with E-state index in [9.17, 15) is 0 Å². The third-order valence-electron chi connectivity index (χ3n) is 1.71. The zero-order valence-corrected chi connectivity index (χ0v) is 11.3. The smallest absolute Gasteiger partial charge is 0.343 e. The minimum absolute atomic E-state index is 0. The third kappa shape index (κ3) is 38.0. The van der Waals surface area contributed by atoms with Crippen LogP contribution in [0.15, 0.2) is 0 Å². The fourth-order valence-electron chi connectivity index (χ4n) is 0.854. The molecular formula is C12H26CuLi. The van der Waals surface area contributed by atoms with E-state index in [2.05, 4.69) is 27.7 Å². The van der Waals surface area contributed by atoms with Crippen molar-refractivity contribution in [1.29, 1.82) is 0 Å². The van der Waals surface area contributed by atoms with Gasteiger partial charge in [0.05, 0.1) is 0 Å². The predicted molar refractivity (Wildman–Crippen MR) is 59.0 cm³/mol. The summed E-state index contributed by atoms with van der Waals surface area (Å²) in [4.78, 5) is 0. The maximum absolute atomic E-state index is 3.72. The van der Waals surface area contributed by atoms with Crippen LogP contribution in [0.25, 0.3) is 0 Å². The van der Waals surface area contributed by atoms with Crippen molar-refractivity contribution >= 4 is 0 Å². The fraction of sp³-hybridized carbons (Fsp3) is 0.833. The van der Waals surface area contributed by atoms with E-state index in [1.165, 1.54) is 38.5 Å². The van der Waals surface area contributed by atoms with E-state index in [1.54, 1.807) is 0 Å². The molecule has 0 atom stereocenters. The van der Waals surface area contributed by atoms with Crippen LogP contribution < -0.4 is 18.9 Å². The minimum atomic E-state index is 0. The van der Waals surface area contributed by atoms with Crippen LogP contribution in [0.5, 0.6) is 0 Å². The maximum atomic E-state index is 3.72. The van der Waals surface area contributed by atoms with Gasteiger partial charge >= 0.3 is 35.9 Å². The number of hydrogen-bond donors (Lipinski definition) is 0. The van der Waals surface area contributed by atoms with Crippen molar-refractivity contribution in [2.24, 2.45) is 0 Å². The van der Waals surface area contributed by atoms with Crippen LogP contribution in [-0.2, 0) is 17.1 Å². The van der Waals surface area contributed by atoms with E-state index < -0.39 is 0 Å². The fourth-order valence-corrected chi connectivity index (χ4v) is 0.854. The van der Waals surface area contributed by atoms with E-state index in [0.29, 0.717) is 0 Å². The summed E-state index contributed by atoms with van der Waals surface area (Å²) in [6.45, 7) is 11.9. The second-order valence-electron chi connectivity index (χ2n) is 3.12. The van der Waals surface area contributed by atoms with E-state index in [0.717, 1.165) is 12.8 Å². The third-order valence-corrected chi connectivity index (χ3v) is 1.71. The van der Waals surface area contributed by atoms with Crippen molar-refractivity contribution in [3.63, 3.8) is 0 Å². The largest absolute Gasteiger partial charge is 1.00 e. The van der Waals surface area contributed by atoms with Crippen molar-refractivity contribution in [1.82, 2.24) is 0 Å². The molecule has 0 spiro atoms. The van der Waals surface area contributed by atoms with Crippen LogP contribution in [0.1, 0.15) is 65.2 Å². The van der Waals surface area contributed by atoms with Crippen molar-refractivity contribution in [2.45, 2.75) is 65.2 Å². The van der Waals surface area contributed by atoms with Crippen LogP contribution in [0.3, 0.4) is 0 Å². The van der Waals surface area contributed by atoms with Gasteiger partial charge in [-0.25, -0.2) is 0 Å². The molecule has 2 heteroatoms. The molecule has 0 amide bonds. The second-order valence-corrected chi connectivity index (χ2v) is 3.12. The molecule has 0 aliphatic carbocycles. The van der Waals surface area contributed by atoms with Gasteiger partial charge in [-0.3, -0.25) is 0 Å². The quantitative estimate of drug-likeness (QED) is 0.377. The van der Waals surface area contributed by atoms with E-state index in [-0.39, 0.29) is 35.9 Å². The van der Waals surface area contributed by atoms with E-state index >= 15 is 0 Å². The molecule has 0 fully saturated rings. The molecule has 0 unspecified atom stereocenters. The molecule has 0 heterocycles. The Hall–Kier alpha value is 1.12. The molecular weight excluding hydrogens is 215 g/mol. The molecule has 0 aromatic rings. The molecule has 14 heavy (non-hydrogen) atoms. The first kappa shape index (κ1) is 24.4. The summed E-state index contributed by atoms with van der Waals surface area (Å²) < 4.78 is 0. The Morgan fingerprint density at radius 1 is 0.714 bits per heavy atom. The van der Waals surface area contributed by atoms with Gasteiger partial charge in [-0.05, 0) is 0 Å². The van der Waals surface area contributed by atoms with Crippen molar-refractivity contribution < 1.29 is 35.9 Å². The first-order chi connectivity index (χ1) is 5.83. The van der Waals surface area contributed by atoms with Crippen molar-refractivity contribution in [2.75, 3.05) is 0 Å². The summed E-state index contributed by atoms with van der Waals surface area (Å²) in [6.07, 6.45) is 10.1.